The molecule has 0 aliphatic carbocycles. The van der Waals surface area contributed by atoms with Gasteiger partial charge in [0.05, 0.1) is 11.5 Å². The molecule has 0 unspecified atom stereocenters. The Balaban J connectivity index is 1.93. The topological polar surface area (TPSA) is 86.7 Å². The zero-order chi connectivity index (χ0) is 17.5. The lowest BCUT2D eigenvalue weighted by molar-refractivity contribution is 0.0849. The molecule has 2 saturated heterocycles. The van der Waals surface area contributed by atoms with Gasteiger partial charge in [0.25, 0.3) is 5.91 Å². The summed E-state index contributed by atoms with van der Waals surface area (Å²) in [6.07, 6.45) is 3.14. The second-order valence-corrected chi connectivity index (χ2v) is 8.61. The molecule has 0 aromatic heterocycles. The van der Waals surface area contributed by atoms with E-state index in [0.29, 0.717) is 5.56 Å². The Kier molecular flexibility index (Phi) is 4.44. The Morgan fingerprint density at radius 2 is 2.00 bits per heavy atom. The first-order chi connectivity index (χ1) is 11.4. The number of hydrogen-bond donors (Lipinski definition) is 2. The van der Waals surface area contributed by atoms with Gasteiger partial charge in [-0.1, -0.05) is 6.92 Å². The van der Waals surface area contributed by atoms with Crippen LogP contribution < -0.4 is 5.32 Å². The van der Waals surface area contributed by atoms with Crippen LogP contribution in [0.5, 0.6) is 0 Å². The predicted octanol–water partition coefficient (Wildman–Crippen LogP) is 1.36. The maximum absolute atomic E-state index is 13.1. The van der Waals surface area contributed by atoms with Gasteiger partial charge in [0.2, 0.25) is 10.0 Å². The van der Waals surface area contributed by atoms with Gasteiger partial charge in [0.15, 0.2) is 0 Å². The number of hydrogen-bond acceptors (Lipinski definition) is 4. The summed E-state index contributed by atoms with van der Waals surface area (Å²) >= 11 is 0. The van der Waals surface area contributed by atoms with Gasteiger partial charge in [0, 0.05) is 30.1 Å². The van der Waals surface area contributed by atoms with Gasteiger partial charge in [-0.2, -0.15) is 4.31 Å². The van der Waals surface area contributed by atoms with Crippen molar-refractivity contribution in [2.75, 3.05) is 13.7 Å². The van der Waals surface area contributed by atoms with Gasteiger partial charge in [-0.25, -0.2) is 8.42 Å². The summed E-state index contributed by atoms with van der Waals surface area (Å²) in [5.74, 6) is -0.245. The average molecular weight is 352 g/mol. The van der Waals surface area contributed by atoms with Gasteiger partial charge < -0.3 is 10.4 Å². The standard InChI is InChI=1S/C17H24N2O4S/c1-3-17(11-20)10-13-6-9-15(17)19(13)24(22,23)14-7-4-12(5-8-14)16(21)18-2/h4-5,7-8,13,15,20H,3,6,9-11H2,1-2H3,(H,18,21)/t13-,15+,17-/m0/s1. The van der Waals surface area contributed by atoms with Crippen LogP contribution in [0.4, 0.5) is 0 Å². The minimum Gasteiger partial charge on any atom is -0.396 e. The molecule has 3 atom stereocenters. The molecule has 6 nitrogen and oxygen atoms in total. The van der Waals surface area contributed by atoms with Crippen molar-refractivity contribution in [3.63, 3.8) is 0 Å². The van der Waals surface area contributed by atoms with E-state index in [9.17, 15) is 18.3 Å². The summed E-state index contributed by atoms with van der Waals surface area (Å²) in [7, 11) is -2.09. The van der Waals surface area contributed by atoms with Crippen LogP contribution in [0.15, 0.2) is 29.2 Å². The highest BCUT2D eigenvalue weighted by atomic mass is 32.2. The smallest absolute Gasteiger partial charge is 0.251 e. The lowest BCUT2D eigenvalue weighted by atomic mass is 9.72. The lowest BCUT2D eigenvalue weighted by Crippen LogP contribution is -2.42. The third-order valence-corrected chi connectivity index (χ3v) is 7.70. The quantitative estimate of drug-likeness (QED) is 0.838. The van der Waals surface area contributed by atoms with Gasteiger partial charge >= 0.3 is 0 Å². The number of fused-ring (bicyclic) bond motifs is 2. The molecule has 2 bridgehead atoms. The van der Waals surface area contributed by atoms with Crippen LogP contribution in [0.2, 0.25) is 0 Å². The van der Waals surface area contributed by atoms with Gasteiger partial charge in [0.1, 0.15) is 0 Å². The van der Waals surface area contributed by atoms with Crippen molar-refractivity contribution >= 4 is 15.9 Å². The highest BCUT2D eigenvalue weighted by Crippen LogP contribution is 2.53. The molecule has 1 aromatic rings. The largest absolute Gasteiger partial charge is 0.396 e. The van der Waals surface area contributed by atoms with E-state index in [4.69, 9.17) is 0 Å². The second kappa shape index (κ2) is 6.13. The first-order valence-electron chi connectivity index (χ1n) is 8.36. The number of amides is 1. The van der Waals surface area contributed by atoms with Crippen LogP contribution in [-0.4, -0.2) is 49.5 Å². The zero-order valence-electron chi connectivity index (χ0n) is 14.0. The summed E-state index contributed by atoms with van der Waals surface area (Å²) in [6, 6.07) is 5.87. The van der Waals surface area contributed by atoms with E-state index < -0.39 is 10.0 Å². The molecule has 2 heterocycles. The fourth-order valence-electron chi connectivity index (χ4n) is 4.30. The number of aliphatic hydroxyl groups excluding tert-OH is 1. The monoisotopic (exact) mass is 352 g/mol. The van der Waals surface area contributed by atoms with Crippen LogP contribution >= 0.6 is 0 Å². The Hall–Kier alpha value is -1.44. The van der Waals surface area contributed by atoms with E-state index in [1.807, 2.05) is 6.92 Å². The summed E-state index contributed by atoms with van der Waals surface area (Å²) < 4.78 is 27.8. The number of nitrogens with one attached hydrogen (secondary N) is 1. The van der Waals surface area contributed by atoms with Crippen LogP contribution in [0, 0.1) is 5.41 Å². The fourth-order valence-corrected chi connectivity index (χ4v) is 6.26. The van der Waals surface area contributed by atoms with Crippen molar-refractivity contribution in [2.45, 2.75) is 49.6 Å². The Labute approximate surface area is 142 Å². The van der Waals surface area contributed by atoms with E-state index >= 15 is 0 Å². The lowest BCUT2D eigenvalue weighted by Gasteiger charge is -2.34. The molecular formula is C17H24N2O4S. The molecule has 0 spiro atoms. The molecule has 2 N–H and O–H groups in total. The third kappa shape index (κ3) is 2.46. The van der Waals surface area contributed by atoms with E-state index in [-0.39, 0.29) is 34.9 Å². The number of carbonyl (C=O) groups excluding carboxylic acids is 1. The van der Waals surface area contributed by atoms with Crippen LogP contribution in [0.3, 0.4) is 0 Å². The normalized spacial score (nSPS) is 29.8. The number of carbonyl (C=O) groups is 1. The van der Waals surface area contributed by atoms with Crippen molar-refractivity contribution in [1.29, 1.82) is 0 Å². The predicted molar refractivity (Wildman–Crippen MR) is 90.1 cm³/mol. The molecule has 1 aromatic carbocycles. The fraction of sp³-hybridized carbons (Fsp3) is 0.588. The van der Waals surface area contributed by atoms with Crippen molar-refractivity contribution in [3.05, 3.63) is 29.8 Å². The molecule has 3 rings (SSSR count). The zero-order valence-corrected chi connectivity index (χ0v) is 14.8. The maximum Gasteiger partial charge on any atom is 0.251 e. The highest BCUT2D eigenvalue weighted by molar-refractivity contribution is 7.89. The molecule has 1 amide bonds. The van der Waals surface area contributed by atoms with Crippen molar-refractivity contribution in [2.24, 2.45) is 5.41 Å². The molecule has 0 radical (unpaired) electrons. The van der Waals surface area contributed by atoms with Gasteiger partial charge in [-0.05, 0) is 49.9 Å². The van der Waals surface area contributed by atoms with E-state index in [0.717, 1.165) is 25.7 Å². The summed E-state index contributed by atoms with van der Waals surface area (Å²) in [6.45, 7) is 2.03. The van der Waals surface area contributed by atoms with E-state index in [1.54, 1.807) is 4.31 Å². The van der Waals surface area contributed by atoms with Crippen molar-refractivity contribution in [3.8, 4) is 0 Å². The SMILES string of the molecule is CC[C@@]1(CO)C[C@@H]2CC[C@H]1N2S(=O)(=O)c1ccc(C(=O)NC)cc1. The summed E-state index contributed by atoms with van der Waals surface area (Å²) in [5, 5.41) is 12.4. The molecular weight excluding hydrogens is 328 g/mol. The molecule has 2 aliphatic heterocycles. The number of sulfonamides is 1. The van der Waals surface area contributed by atoms with E-state index in [1.165, 1.54) is 31.3 Å². The average Bonchev–Trinajstić information content (AvgIpc) is 3.18. The number of benzene rings is 1. The molecule has 2 fully saturated rings. The third-order valence-electron chi connectivity index (χ3n) is 5.73. The molecule has 2 aliphatic rings. The van der Waals surface area contributed by atoms with Crippen LogP contribution in [0.25, 0.3) is 0 Å². The molecule has 24 heavy (non-hydrogen) atoms. The molecule has 132 valence electrons. The van der Waals surface area contributed by atoms with Crippen LogP contribution in [-0.2, 0) is 10.0 Å². The van der Waals surface area contributed by atoms with Crippen molar-refractivity contribution in [1.82, 2.24) is 9.62 Å². The van der Waals surface area contributed by atoms with E-state index in [2.05, 4.69) is 5.32 Å². The second-order valence-electron chi connectivity index (χ2n) is 6.76. The van der Waals surface area contributed by atoms with Gasteiger partial charge in [-0.15, -0.1) is 0 Å². The summed E-state index contributed by atoms with van der Waals surface area (Å²) in [4.78, 5) is 11.8. The first kappa shape index (κ1) is 17.4. The number of nitrogens with zero attached hydrogens (tertiary/aromatic N) is 1. The Morgan fingerprint density at radius 3 is 2.50 bits per heavy atom. The van der Waals surface area contributed by atoms with Crippen molar-refractivity contribution < 1.29 is 18.3 Å². The first-order valence-corrected chi connectivity index (χ1v) is 9.80. The van der Waals surface area contributed by atoms with Crippen LogP contribution in [0.1, 0.15) is 43.0 Å². The minimum absolute atomic E-state index is 0.0201. The maximum atomic E-state index is 13.1. The highest BCUT2D eigenvalue weighted by Gasteiger charge is 2.58. The number of rotatable bonds is 5. The number of aliphatic hydroxyl groups is 1. The molecule has 7 heteroatoms. The Bertz CT molecular complexity index is 725. The minimum atomic E-state index is -3.62. The summed E-state index contributed by atoms with van der Waals surface area (Å²) in [5.41, 5.74) is 0.108. The molecule has 0 saturated carbocycles. The van der Waals surface area contributed by atoms with Gasteiger partial charge in [-0.3, -0.25) is 4.79 Å². The Morgan fingerprint density at radius 1 is 1.33 bits per heavy atom.